The van der Waals surface area contributed by atoms with Gasteiger partial charge in [0.05, 0.1) is 24.2 Å². The number of nitrogens with zero attached hydrogens (tertiary/aromatic N) is 7. The van der Waals surface area contributed by atoms with Gasteiger partial charge in [-0.2, -0.15) is 15.2 Å². The number of amides is 1. The highest BCUT2D eigenvalue weighted by Crippen LogP contribution is 2.37. The molecular formula is C32H40FN7O2. The van der Waals surface area contributed by atoms with Gasteiger partial charge < -0.3 is 19.4 Å². The molecule has 2 aromatic rings. The number of rotatable bonds is 7. The number of nitriles is 1. The zero-order valence-corrected chi connectivity index (χ0v) is 24.4. The summed E-state index contributed by atoms with van der Waals surface area (Å²) >= 11 is 0. The molecule has 4 aliphatic rings. The van der Waals surface area contributed by atoms with Gasteiger partial charge in [-0.05, 0) is 56.9 Å². The summed E-state index contributed by atoms with van der Waals surface area (Å²) in [5.74, 6) is 0.685. The molecule has 9 nitrogen and oxygen atoms in total. The summed E-state index contributed by atoms with van der Waals surface area (Å²) in [6.45, 7) is 7.02. The molecule has 10 heteroatoms. The van der Waals surface area contributed by atoms with Crippen LogP contribution in [0, 0.1) is 11.3 Å². The molecule has 2 fully saturated rings. The number of ether oxygens (including phenoxy) is 1. The van der Waals surface area contributed by atoms with Crippen molar-refractivity contribution in [2.75, 3.05) is 56.2 Å². The molecule has 2 saturated heterocycles. The number of likely N-dealkylation sites (tertiary alicyclic amines) is 1. The van der Waals surface area contributed by atoms with Crippen molar-refractivity contribution in [2.24, 2.45) is 0 Å². The van der Waals surface area contributed by atoms with Crippen LogP contribution in [0.4, 0.5) is 15.9 Å². The average Bonchev–Trinajstić information content (AvgIpc) is 3.34. The van der Waals surface area contributed by atoms with Crippen molar-refractivity contribution in [1.82, 2.24) is 19.8 Å². The van der Waals surface area contributed by atoms with Crippen molar-refractivity contribution < 1.29 is 13.9 Å². The van der Waals surface area contributed by atoms with Gasteiger partial charge in [-0.15, -0.1) is 0 Å². The van der Waals surface area contributed by atoms with E-state index in [9.17, 15) is 14.4 Å². The first-order chi connectivity index (χ1) is 20.4. The molecule has 0 unspecified atom stereocenters. The number of para-hydroxylation sites is 1. The minimum atomic E-state index is -0.844. The number of piperazine rings is 1. The van der Waals surface area contributed by atoms with Crippen LogP contribution in [0.15, 0.2) is 36.9 Å². The van der Waals surface area contributed by atoms with Crippen LogP contribution < -0.4 is 14.5 Å². The van der Waals surface area contributed by atoms with E-state index in [-0.39, 0.29) is 24.4 Å². The van der Waals surface area contributed by atoms with Gasteiger partial charge >= 0.3 is 6.01 Å². The van der Waals surface area contributed by atoms with Gasteiger partial charge in [-0.25, -0.2) is 4.39 Å². The summed E-state index contributed by atoms with van der Waals surface area (Å²) in [4.78, 5) is 30.9. The number of fused-ring (bicyclic) bond motifs is 2. The first-order valence-electron chi connectivity index (χ1n) is 15.2. The second-order valence-corrected chi connectivity index (χ2v) is 12.0. The summed E-state index contributed by atoms with van der Waals surface area (Å²) in [5.41, 5.74) is 4.86. The van der Waals surface area contributed by atoms with Crippen LogP contribution in [0.5, 0.6) is 6.01 Å². The second-order valence-electron chi connectivity index (χ2n) is 12.0. The SMILES string of the molecule is C=CC(=O)N1CCN(c2nc(OC[C@@H]3C[C@@H](F)CN3C)nc3c2CC[C@H](N2CCCc4ccccc42)C3)C[C@@H]1CC#N. The van der Waals surface area contributed by atoms with E-state index in [2.05, 4.69) is 46.7 Å². The summed E-state index contributed by atoms with van der Waals surface area (Å²) in [6, 6.07) is 11.3. The Labute approximate surface area is 247 Å². The highest BCUT2D eigenvalue weighted by atomic mass is 19.1. The van der Waals surface area contributed by atoms with Crippen LogP contribution in [-0.4, -0.2) is 96.4 Å². The number of hydrogen-bond donors (Lipinski definition) is 0. The van der Waals surface area contributed by atoms with Crippen LogP contribution in [-0.2, 0) is 24.1 Å². The topological polar surface area (TPSA) is 88.8 Å². The van der Waals surface area contributed by atoms with Gasteiger partial charge in [-0.1, -0.05) is 24.8 Å². The lowest BCUT2D eigenvalue weighted by Gasteiger charge is -2.43. The Bertz CT molecular complexity index is 1360. The van der Waals surface area contributed by atoms with E-state index in [0.29, 0.717) is 51.3 Å². The van der Waals surface area contributed by atoms with E-state index in [1.807, 2.05) is 11.9 Å². The number of likely N-dealkylation sites (N-methyl/N-ethyl adjacent to an activating group) is 1. The van der Waals surface area contributed by atoms with Crippen molar-refractivity contribution in [3.05, 3.63) is 53.7 Å². The molecule has 1 amide bonds. The number of carbonyl (C=O) groups excluding carboxylic acids is 1. The van der Waals surface area contributed by atoms with E-state index in [0.717, 1.165) is 55.7 Å². The van der Waals surface area contributed by atoms with E-state index < -0.39 is 6.17 Å². The molecule has 1 aromatic heterocycles. The molecule has 6 rings (SSSR count). The minimum Gasteiger partial charge on any atom is -0.462 e. The Hall–Kier alpha value is -3.71. The van der Waals surface area contributed by atoms with Gasteiger partial charge in [0.25, 0.3) is 0 Å². The number of carbonyl (C=O) groups is 1. The predicted octanol–water partition coefficient (Wildman–Crippen LogP) is 3.32. The molecule has 1 aliphatic carbocycles. The van der Waals surface area contributed by atoms with Crippen molar-refractivity contribution in [3.8, 4) is 12.1 Å². The first-order valence-corrected chi connectivity index (χ1v) is 15.2. The fourth-order valence-corrected chi connectivity index (χ4v) is 7.20. The summed E-state index contributed by atoms with van der Waals surface area (Å²) < 4.78 is 20.2. The normalized spacial score (nSPS) is 25.9. The third kappa shape index (κ3) is 5.67. The maximum atomic E-state index is 14.0. The lowest BCUT2D eigenvalue weighted by molar-refractivity contribution is -0.128. The number of benzene rings is 1. The Kier molecular flexibility index (Phi) is 8.29. The Balaban J connectivity index is 1.29. The number of aryl methyl sites for hydroxylation is 1. The molecule has 222 valence electrons. The van der Waals surface area contributed by atoms with Gasteiger partial charge in [-0.3, -0.25) is 9.69 Å². The zero-order valence-electron chi connectivity index (χ0n) is 24.4. The van der Waals surface area contributed by atoms with Crippen LogP contribution in [0.1, 0.15) is 42.5 Å². The Morgan fingerprint density at radius 3 is 2.83 bits per heavy atom. The number of hydrogen-bond acceptors (Lipinski definition) is 8. The molecule has 0 N–H and O–H groups in total. The summed E-state index contributed by atoms with van der Waals surface area (Å²) in [7, 11) is 1.92. The molecule has 4 atom stereocenters. The molecule has 42 heavy (non-hydrogen) atoms. The van der Waals surface area contributed by atoms with Gasteiger partial charge in [0, 0.05) is 62.5 Å². The standard InChI is InChI=1S/C32H40FN7O2/c1-3-30(41)40-16-15-38(20-25(40)12-13-34)31-27-11-10-24(39-14-6-8-22-7-4-5-9-29(22)39)18-28(27)35-32(36-31)42-21-26-17-23(33)19-37(26)2/h3-5,7,9,23-26H,1,6,8,10-12,14-21H2,2H3/t23-,24+,25+,26+/m1/s1. The van der Waals surface area contributed by atoms with E-state index in [4.69, 9.17) is 14.7 Å². The minimum absolute atomic E-state index is 0.0193. The maximum absolute atomic E-state index is 14.0. The van der Waals surface area contributed by atoms with Crippen molar-refractivity contribution >= 4 is 17.4 Å². The van der Waals surface area contributed by atoms with E-state index in [1.165, 1.54) is 17.3 Å². The highest BCUT2D eigenvalue weighted by Gasteiger charge is 2.36. The lowest BCUT2D eigenvalue weighted by Crippen LogP contribution is -2.55. The van der Waals surface area contributed by atoms with Crippen LogP contribution in [0.3, 0.4) is 0 Å². The summed E-state index contributed by atoms with van der Waals surface area (Å²) in [5, 5.41) is 9.51. The molecule has 4 heterocycles. The molecule has 0 saturated carbocycles. The lowest BCUT2D eigenvalue weighted by atomic mass is 9.88. The maximum Gasteiger partial charge on any atom is 0.318 e. The molecule has 0 radical (unpaired) electrons. The van der Waals surface area contributed by atoms with Crippen molar-refractivity contribution in [2.45, 2.75) is 69.2 Å². The van der Waals surface area contributed by atoms with Crippen LogP contribution >= 0.6 is 0 Å². The smallest absolute Gasteiger partial charge is 0.318 e. The largest absolute Gasteiger partial charge is 0.462 e. The highest BCUT2D eigenvalue weighted by molar-refractivity contribution is 5.87. The van der Waals surface area contributed by atoms with Crippen LogP contribution in [0.2, 0.25) is 0 Å². The monoisotopic (exact) mass is 573 g/mol. The molecule has 0 bridgehead atoms. The average molecular weight is 574 g/mol. The van der Waals surface area contributed by atoms with Gasteiger partial charge in [0.2, 0.25) is 5.91 Å². The zero-order chi connectivity index (χ0) is 29.2. The number of halogens is 1. The Morgan fingerprint density at radius 2 is 2.05 bits per heavy atom. The van der Waals surface area contributed by atoms with E-state index >= 15 is 0 Å². The third-order valence-electron chi connectivity index (χ3n) is 9.40. The Morgan fingerprint density at radius 1 is 1.19 bits per heavy atom. The van der Waals surface area contributed by atoms with E-state index in [1.54, 1.807) is 4.90 Å². The quantitative estimate of drug-likeness (QED) is 0.467. The fourth-order valence-electron chi connectivity index (χ4n) is 7.20. The number of alkyl halides is 1. The molecule has 1 aromatic carbocycles. The number of anilines is 2. The van der Waals surface area contributed by atoms with Gasteiger partial charge in [0.15, 0.2) is 0 Å². The number of aromatic nitrogens is 2. The van der Waals surface area contributed by atoms with Crippen LogP contribution in [0.25, 0.3) is 0 Å². The van der Waals surface area contributed by atoms with Crippen molar-refractivity contribution in [1.29, 1.82) is 5.26 Å². The summed E-state index contributed by atoms with van der Waals surface area (Å²) in [6.07, 6.45) is 6.05. The third-order valence-corrected chi connectivity index (χ3v) is 9.40. The predicted molar refractivity (Wildman–Crippen MR) is 160 cm³/mol. The van der Waals surface area contributed by atoms with Gasteiger partial charge in [0.1, 0.15) is 18.6 Å². The van der Waals surface area contributed by atoms with Crippen molar-refractivity contribution in [3.63, 3.8) is 0 Å². The first kappa shape index (κ1) is 28.4. The fraction of sp³-hybridized carbons (Fsp3) is 0.562. The molecular weight excluding hydrogens is 533 g/mol. The second kappa shape index (κ2) is 12.3. The molecule has 0 spiro atoms. The molecule has 3 aliphatic heterocycles.